The largest absolute Gasteiger partial charge is 0.381 e. The van der Waals surface area contributed by atoms with Crippen LogP contribution in [0.15, 0.2) is 30.5 Å². The van der Waals surface area contributed by atoms with Crippen molar-refractivity contribution in [2.45, 2.75) is 51.6 Å². The molecule has 0 bridgehead atoms. The Labute approximate surface area is 240 Å². The van der Waals surface area contributed by atoms with E-state index in [1.807, 2.05) is 6.07 Å². The highest BCUT2D eigenvalue weighted by atomic mass is 35.5. The number of aryl methyl sites for hydroxylation is 1. The number of benzene rings is 1. The van der Waals surface area contributed by atoms with Crippen molar-refractivity contribution < 1.29 is 14.3 Å². The van der Waals surface area contributed by atoms with E-state index < -0.39 is 0 Å². The number of amides is 1. The van der Waals surface area contributed by atoms with E-state index in [4.69, 9.17) is 26.2 Å². The SMILES string of the molecule is CC=O.CNC(=O)c1ccc(-c2cc3c(cc2Cl)N(c2nn(C4CCOCC4)c4c2CN(C)CC4)CCC3)cn1. The number of aldehydes is 1. The summed E-state index contributed by atoms with van der Waals surface area (Å²) in [7, 11) is 3.79. The molecule has 9 nitrogen and oxygen atoms in total. The highest BCUT2D eigenvalue weighted by molar-refractivity contribution is 6.33. The molecular formula is C30H37ClN6O3. The fourth-order valence-corrected chi connectivity index (χ4v) is 6.14. The molecule has 212 valence electrons. The molecule has 3 aliphatic heterocycles. The van der Waals surface area contributed by atoms with Crippen molar-refractivity contribution in [3.63, 3.8) is 0 Å². The zero-order chi connectivity index (χ0) is 28.2. The third-order valence-electron chi connectivity index (χ3n) is 7.87. The smallest absolute Gasteiger partial charge is 0.269 e. The number of hydrogen-bond acceptors (Lipinski definition) is 7. The second-order valence-corrected chi connectivity index (χ2v) is 10.9. The second-order valence-electron chi connectivity index (χ2n) is 10.5. The van der Waals surface area contributed by atoms with Crippen molar-refractivity contribution in [2.24, 2.45) is 0 Å². The Kier molecular flexibility index (Phi) is 8.83. The van der Waals surface area contributed by atoms with Crippen LogP contribution in [0.5, 0.6) is 0 Å². The van der Waals surface area contributed by atoms with Gasteiger partial charge in [0.25, 0.3) is 5.91 Å². The molecule has 6 rings (SSSR count). The van der Waals surface area contributed by atoms with Gasteiger partial charge < -0.3 is 24.6 Å². The maximum absolute atomic E-state index is 11.9. The number of halogens is 1. The predicted molar refractivity (Wildman–Crippen MR) is 156 cm³/mol. The maximum Gasteiger partial charge on any atom is 0.269 e. The standard InChI is InChI=1S/C28H33ClN6O2.C2H4O/c1-30-28(36)24-6-5-19(16-31-24)21-14-18-4-3-10-34(26(18)15-23(21)29)27-22-17-33(2)11-7-25(22)35(32-27)20-8-12-37-13-9-20;1-2-3/h5-6,14-16,20H,3-4,7-13,17H2,1-2H3,(H,30,36);2H,1H3. The molecule has 0 radical (unpaired) electrons. The number of likely N-dealkylation sites (N-methyl/N-ethyl adjacent to an activating group) is 1. The van der Waals surface area contributed by atoms with Crippen LogP contribution in [0, 0.1) is 0 Å². The van der Waals surface area contributed by atoms with Crippen LogP contribution in [-0.2, 0) is 28.9 Å². The summed E-state index contributed by atoms with van der Waals surface area (Å²) in [4.78, 5) is 29.8. The average molecular weight is 565 g/mol. The third kappa shape index (κ3) is 5.64. The number of ether oxygens (including phenoxy) is 1. The number of aromatic nitrogens is 3. The predicted octanol–water partition coefficient (Wildman–Crippen LogP) is 4.59. The van der Waals surface area contributed by atoms with Gasteiger partial charge in [0.1, 0.15) is 12.0 Å². The fraction of sp³-hybridized carbons (Fsp3) is 0.467. The highest BCUT2D eigenvalue weighted by Gasteiger charge is 2.32. The monoisotopic (exact) mass is 564 g/mol. The number of anilines is 2. The number of pyridine rings is 1. The Bertz CT molecular complexity index is 1370. The number of fused-ring (bicyclic) bond motifs is 2. The number of rotatable bonds is 4. The van der Waals surface area contributed by atoms with E-state index in [1.165, 1.54) is 23.7 Å². The average Bonchev–Trinajstić information content (AvgIpc) is 3.35. The lowest BCUT2D eigenvalue weighted by Gasteiger charge is -2.32. The Morgan fingerprint density at radius 2 is 1.95 bits per heavy atom. The molecule has 0 atom stereocenters. The van der Waals surface area contributed by atoms with Gasteiger partial charge in [-0.05, 0) is 63.4 Å². The molecule has 3 aromatic rings. The molecule has 1 amide bonds. The van der Waals surface area contributed by atoms with Crippen molar-refractivity contribution in [3.05, 3.63) is 58.0 Å². The van der Waals surface area contributed by atoms with Crippen molar-refractivity contribution in [1.29, 1.82) is 0 Å². The molecule has 0 unspecified atom stereocenters. The van der Waals surface area contributed by atoms with Gasteiger partial charge in [0, 0.05) is 80.6 Å². The van der Waals surface area contributed by atoms with Crippen LogP contribution in [0.3, 0.4) is 0 Å². The van der Waals surface area contributed by atoms with Gasteiger partial charge in [-0.25, -0.2) is 0 Å². The molecule has 10 heteroatoms. The Hall–Kier alpha value is -3.27. The normalized spacial score (nSPS) is 17.4. The second kappa shape index (κ2) is 12.5. The number of nitrogens with one attached hydrogen (secondary N) is 1. The first-order valence-corrected chi connectivity index (χ1v) is 14.4. The van der Waals surface area contributed by atoms with Crippen LogP contribution < -0.4 is 10.2 Å². The van der Waals surface area contributed by atoms with E-state index in [1.54, 1.807) is 19.3 Å². The molecule has 1 saturated heterocycles. The summed E-state index contributed by atoms with van der Waals surface area (Å²) in [6.07, 6.45) is 7.57. The minimum atomic E-state index is -0.201. The van der Waals surface area contributed by atoms with Gasteiger partial charge in [0.2, 0.25) is 0 Å². The fourth-order valence-electron chi connectivity index (χ4n) is 5.88. The third-order valence-corrected chi connectivity index (χ3v) is 8.18. The number of carbonyl (C=O) groups is 2. The van der Waals surface area contributed by atoms with Gasteiger partial charge in [0.05, 0.1) is 11.1 Å². The molecule has 3 aliphatic rings. The summed E-state index contributed by atoms with van der Waals surface area (Å²) in [5.74, 6) is 0.877. The van der Waals surface area contributed by atoms with Crippen LogP contribution >= 0.6 is 11.6 Å². The van der Waals surface area contributed by atoms with E-state index in [2.05, 4.69) is 44.0 Å². The molecule has 1 aromatic carbocycles. The highest BCUT2D eigenvalue weighted by Crippen LogP contribution is 2.42. The van der Waals surface area contributed by atoms with E-state index in [-0.39, 0.29) is 5.91 Å². The van der Waals surface area contributed by atoms with Crippen molar-refractivity contribution >= 4 is 35.3 Å². The van der Waals surface area contributed by atoms with Gasteiger partial charge in [-0.1, -0.05) is 17.7 Å². The molecule has 40 heavy (non-hydrogen) atoms. The molecule has 0 spiro atoms. The summed E-state index contributed by atoms with van der Waals surface area (Å²) in [5.41, 5.74) is 7.37. The van der Waals surface area contributed by atoms with Crippen LogP contribution in [0.1, 0.15) is 59.5 Å². The van der Waals surface area contributed by atoms with Crippen LogP contribution in [0.4, 0.5) is 11.5 Å². The summed E-state index contributed by atoms with van der Waals surface area (Å²) >= 11 is 6.89. The van der Waals surface area contributed by atoms with Gasteiger partial charge in [-0.3, -0.25) is 14.5 Å². The summed E-state index contributed by atoms with van der Waals surface area (Å²) < 4.78 is 7.96. The molecule has 1 N–H and O–H groups in total. The minimum Gasteiger partial charge on any atom is -0.381 e. The van der Waals surface area contributed by atoms with Gasteiger partial charge in [-0.2, -0.15) is 5.10 Å². The summed E-state index contributed by atoms with van der Waals surface area (Å²) in [6, 6.07) is 8.33. The van der Waals surface area contributed by atoms with Gasteiger partial charge in [0.15, 0.2) is 5.82 Å². The molecular weight excluding hydrogens is 528 g/mol. The van der Waals surface area contributed by atoms with E-state index in [9.17, 15) is 4.79 Å². The zero-order valence-electron chi connectivity index (χ0n) is 23.5. The van der Waals surface area contributed by atoms with Crippen LogP contribution in [0.25, 0.3) is 11.1 Å². The zero-order valence-corrected chi connectivity index (χ0v) is 24.2. The first-order valence-electron chi connectivity index (χ1n) is 14.0. The van der Waals surface area contributed by atoms with Crippen LogP contribution in [-0.4, -0.2) is 72.3 Å². The number of hydrogen-bond donors (Lipinski definition) is 1. The van der Waals surface area contributed by atoms with E-state index in [0.29, 0.717) is 16.8 Å². The summed E-state index contributed by atoms with van der Waals surface area (Å²) in [6.45, 7) is 5.94. The minimum absolute atomic E-state index is 0.201. The Balaban J connectivity index is 0.00000103. The Morgan fingerprint density at radius 3 is 2.65 bits per heavy atom. The lowest BCUT2D eigenvalue weighted by molar-refractivity contribution is -0.106. The molecule has 0 saturated carbocycles. The Morgan fingerprint density at radius 1 is 1.18 bits per heavy atom. The van der Waals surface area contributed by atoms with E-state index >= 15 is 0 Å². The first-order chi connectivity index (χ1) is 19.4. The lowest BCUT2D eigenvalue weighted by Crippen LogP contribution is -2.30. The maximum atomic E-state index is 11.9. The molecule has 5 heterocycles. The van der Waals surface area contributed by atoms with Crippen molar-refractivity contribution in [3.8, 4) is 11.1 Å². The summed E-state index contributed by atoms with van der Waals surface area (Å²) in [5, 5.41) is 8.57. The van der Waals surface area contributed by atoms with Gasteiger partial charge in [-0.15, -0.1) is 0 Å². The molecule has 0 aliphatic carbocycles. The van der Waals surface area contributed by atoms with Crippen molar-refractivity contribution in [2.75, 3.05) is 45.3 Å². The van der Waals surface area contributed by atoms with Gasteiger partial charge >= 0.3 is 0 Å². The lowest BCUT2D eigenvalue weighted by atomic mass is 9.96. The van der Waals surface area contributed by atoms with E-state index in [0.717, 1.165) is 93.9 Å². The van der Waals surface area contributed by atoms with Crippen LogP contribution in [0.2, 0.25) is 5.02 Å². The quantitative estimate of drug-likeness (QED) is 0.463. The molecule has 1 fully saturated rings. The number of nitrogens with zero attached hydrogens (tertiary/aromatic N) is 5. The number of carbonyl (C=O) groups excluding carboxylic acids is 2. The topological polar surface area (TPSA) is 92.6 Å². The molecule has 2 aromatic heterocycles. The first kappa shape index (κ1) is 28.3. The van der Waals surface area contributed by atoms with Crippen molar-refractivity contribution in [1.82, 2.24) is 25.0 Å².